The van der Waals surface area contributed by atoms with Crippen molar-refractivity contribution in [1.82, 2.24) is 0 Å². The van der Waals surface area contributed by atoms with Gasteiger partial charge in [-0.15, -0.1) is 0 Å². The van der Waals surface area contributed by atoms with E-state index in [1.165, 1.54) is 7.11 Å². The predicted molar refractivity (Wildman–Crippen MR) is 39.3 cm³/mol. The number of esters is 1. The number of ether oxygens (including phenoxy) is 1. The molecular weight excluding hydrogens is 168 g/mol. The second-order valence-electron chi connectivity index (χ2n) is 2.74. The van der Waals surface area contributed by atoms with Crippen molar-refractivity contribution >= 4 is 17.0 Å². The van der Waals surface area contributed by atoms with Crippen LogP contribution >= 0.6 is 0 Å². The molecule has 0 aliphatic heterocycles. The molecule has 1 rings (SSSR count). The maximum atomic E-state index is 11.0. The van der Waals surface area contributed by atoms with E-state index in [4.69, 9.17) is 4.55 Å². The van der Waals surface area contributed by atoms with Gasteiger partial charge in [-0.05, 0) is 12.8 Å². The van der Waals surface area contributed by atoms with Crippen LogP contribution in [0.3, 0.4) is 0 Å². The molecule has 1 saturated carbocycles. The van der Waals surface area contributed by atoms with Crippen LogP contribution in [0.2, 0.25) is 0 Å². The highest BCUT2D eigenvalue weighted by atomic mass is 32.2. The van der Waals surface area contributed by atoms with Crippen LogP contribution in [0.25, 0.3) is 0 Å². The Kier molecular flexibility index (Phi) is 2.29. The fourth-order valence-electron chi connectivity index (χ4n) is 1.01. The Hall–Kier alpha value is -0.420. The minimum absolute atomic E-state index is 0.0136. The highest BCUT2D eigenvalue weighted by Crippen LogP contribution is 2.47. The molecule has 0 saturated heterocycles. The van der Waals surface area contributed by atoms with E-state index in [1.807, 2.05) is 0 Å². The van der Waals surface area contributed by atoms with Gasteiger partial charge < -0.3 is 9.29 Å². The molecule has 0 bridgehead atoms. The van der Waals surface area contributed by atoms with Crippen molar-refractivity contribution in [1.29, 1.82) is 0 Å². The summed E-state index contributed by atoms with van der Waals surface area (Å²) in [7, 11) is 1.29. The summed E-state index contributed by atoms with van der Waals surface area (Å²) in [6, 6.07) is 0. The van der Waals surface area contributed by atoms with E-state index in [2.05, 4.69) is 4.74 Å². The lowest BCUT2D eigenvalue weighted by Gasteiger charge is -2.08. The molecule has 1 aliphatic carbocycles. The van der Waals surface area contributed by atoms with Crippen molar-refractivity contribution < 1.29 is 18.3 Å². The quantitative estimate of drug-likeness (QED) is 0.494. The fraction of sp³-hybridized carbons (Fsp3) is 0.833. The average Bonchev–Trinajstić information content (AvgIpc) is 2.67. The van der Waals surface area contributed by atoms with Crippen LogP contribution in [0, 0.1) is 5.41 Å². The van der Waals surface area contributed by atoms with Crippen molar-refractivity contribution in [3.8, 4) is 0 Å². The van der Waals surface area contributed by atoms with Crippen LogP contribution in [0.1, 0.15) is 12.8 Å². The number of carbonyl (C=O) groups excluding carboxylic acids is 1. The molecule has 0 heterocycles. The van der Waals surface area contributed by atoms with Gasteiger partial charge in [-0.2, -0.15) is 0 Å². The minimum atomic E-state index is -1.90. The lowest BCUT2D eigenvalue weighted by molar-refractivity contribution is -0.146. The molecule has 1 aliphatic rings. The molecule has 4 nitrogen and oxygen atoms in total. The van der Waals surface area contributed by atoms with Crippen molar-refractivity contribution in [2.45, 2.75) is 12.8 Å². The second kappa shape index (κ2) is 2.91. The zero-order valence-corrected chi connectivity index (χ0v) is 7.02. The maximum Gasteiger partial charge on any atom is 0.312 e. The number of hydrogen-bond donors (Lipinski definition) is 1. The van der Waals surface area contributed by atoms with Crippen LogP contribution in [-0.4, -0.2) is 27.6 Å². The van der Waals surface area contributed by atoms with Crippen LogP contribution < -0.4 is 0 Å². The van der Waals surface area contributed by atoms with Crippen molar-refractivity contribution in [2.75, 3.05) is 12.9 Å². The Morgan fingerprint density at radius 3 is 2.55 bits per heavy atom. The van der Waals surface area contributed by atoms with E-state index in [-0.39, 0.29) is 11.7 Å². The Morgan fingerprint density at radius 2 is 2.27 bits per heavy atom. The molecule has 0 aromatic rings. The van der Waals surface area contributed by atoms with Gasteiger partial charge in [-0.1, -0.05) is 0 Å². The normalized spacial score (nSPS) is 22.4. The van der Waals surface area contributed by atoms with E-state index in [1.54, 1.807) is 0 Å². The topological polar surface area (TPSA) is 63.6 Å². The Balaban J connectivity index is 2.53. The molecule has 5 heteroatoms. The largest absolute Gasteiger partial charge is 0.469 e. The average molecular weight is 178 g/mol. The van der Waals surface area contributed by atoms with Crippen LogP contribution in [0.5, 0.6) is 0 Å². The van der Waals surface area contributed by atoms with Gasteiger partial charge in [0.1, 0.15) is 0 Å². The van der Waals surface area contributed by atoms with Gasteiger partial charge in [0.15, 0.2) is 11.1 Å². The van der Waals surface area contributed by atoms with Crippen molar-refractivity contribution in [2.24, 2.45) is 5.41 Å². The van der Waals surface area contributed by atoms with Gasteiger partial charge >= 0.3 is 5.97 Å². The molecule has 1 fully saturated rings. The lowest BCUT2D eigenvalue weighted by atomic mass is 10.1. The number of hydrogen-bond acceptors (Lipinski definition) is 3. The summed E-state index contributed by atoms with van der Waals surface area (Å²) in [6.45, 7) is 0. The number of rotatable bonds is 3. The molecule has 11 heavy (non-hydrogen) atoms. The zero-order chi connectivity index (χ0) is 8.48. The van der Waals surface area contributed by atoms with Gasteiger partial charge in [0.25, 0.3) is 0 Å². The van der Waals surface area contributed by atoms with E-state index < -0.39 is 16.5 Å². The van der Waals surface area contributed by atoms with Crippen molar-refractivity contribution in [3.05, 3.63) is 0 Å². The molecule has 64 valence electrons. The molecule has 0 spiro atoms. The lowest BCUT2D eigenvalue weighted by Crippen LogP contribution is -2.23. The van der Waals surface area contributed by atoms with Gasteiger partial charge in [0, 0.05) is 0 Å². The van der Waals surface area contributed by atoms with E-state index in [9.17, 15) is 9.00 Å². The summed E-state index contributed by atoms with van der Waals surface area (Å²) in [6.07, 6.45) is 1.35. The zero-order valence-electron chi connectivity index (χ0n) is 6.20. The van der Waals surface area contributed by atoms with Gasteiger partial charge in [0.2, 0.25) is 0 Å². The van der Waals surface area contributed by atoms with Crippen molar-refractivity contribution in [3.63, 3.8) is 0 Å². The fourth-order valence-corrected chi connectivity index (χ4v) is 1.89. The molecule has 0 aromatic heterocycles. The summed E-state index contributed by atoms with van der Waals surface area (Å²) < 4.78 is 23.4. The smallest absolute Gasteiger partial charge is 0.312 e. The highest BCUT2D eigenvalue weighted by Gasteiger charge is 2.52. The third-order valence-corrected chi connectivity index (χ3v) is 2.67. The molecule has 0 radical (unpaired) electrons. The first-order valence-electron chi connectivity index (χ1n) is 3.27. The van der Waals surface area contributed by atoms with E-state index in [0.29, 0.717) is 12.8 Å². The molecule has 0 aromatic carbocycles. The monoisotopic (exact) mass is 178 g/mol. The van der Waals surface area contributed by atoms with Gasteiger partial charge in [0.05, 0.1) is 18.3 Å². The Morgan fingerprint density at radius 1 is 1.73 bits per heavy atom. The summed E-state index contributed by atoms with van der Waals surface area (Å²) in [5.74, 6) is -0.348. The molecule has 0 amide bonds. The summed E-state index contributed by atoms with van der Waals surface area (Å²) >= 11 is -1.90. The highest BCUT2D eigenvalue weighted by molar-refractivity contribution is 7.79. The van der Waals surface area contributed by atoms with Gasteiger partial charge in [-0.3, -0.25) is 4.79 Å². The van der Waals surface area contributed by atoms with Crippen LogP contribution in [-0.2, 0) is 20.6 Å². The predicted octanol–water partition coefficient (Wildman–Crippen LogP) is 0.161. The Labute approximate surface area is 67.2 Å². The standard InChI is InChI=1S/C6H10O4S/c1-10-5(7)6(2-3-6)4-11(8)9/h2-4H2,1H3,(H,8,9). The summed E-state index contributed by atoms with van der Waals surface area (Å²) in [5.41, 5.74) is -0.631. The van der Waals surface area contributed by atoms with Gasteiger partial charge in [-0.25, -0.2) is 4.21 Å². The number of methoxy groups -OCH3 is 1. The molecule has 1 N–H and O–H groups in total. The number of carbonyl (C=O) groups is 1. The second-order valence-corrected chi connectivity index (χ2v) is 3.67. The van der Waals surface area contributed by atoms with Crippen LogP contribution in [0.15, 0.2) is 0 Å². The summed E-state index contributed by atoms with van der Waals surface area (Å²) in [4.78, 5) is 11.0. The third kappa shape index (κ3) is 1.78. The van der Waals surface area contributed by atoms with E-state index in [0.717, 1.165) is 0 Å². The first-order chi connectivity index (χ1) is 5.10. The molecule has 1 atom stereocenters. The minimum Gasteiger partial charge on any atom is -0.469 e. The first kappa shape index (κ1) is 8.67. The Bertz CT molecular complexity index is 197. The SMILES string of the molecule is COC(=O)C1(CS(=O)O)CC1. The first-order valence-corrected chi connectivity index (χ1v) is 4.54. The maximum absolute atomic E-state index is 11.0. The van der Waals surface area contributed by atoms with E-state index >= 15 is 0 Å². The van der Waals surface area contributed by atoms with Crippen LogP contribution in [0.4, 0.5) is 0 Å². The molecule has 1 unspecified atom stereocenters. The third-order valence-electron chi connectivity index (χ3n) is 1.87. The molecular formula is C6H10O4S. The summed E-state index contributed by atoms with van der Waals surface area (Å²) in [5, 5.41) is 0.